The zero-order valence-electron chi connectivity index (χ0n) is 52.4. The fraction of sp³-hybridized carbons (Fsp3) is 0.522. The first kappa shape index (κ1) is 74.2. The van der Waals surface area contributed by atoms with E-state index in [2.05, 4.69) is 100 Å². The zero-order chi connectivity index (χ0) is 65.1. The maximum atomic E-state index is 14.2. The number of fused-ring (bicyclic) bond motifs is 4. The average Bonchev–Trinajstić information content (AvgIpc) is 1.63. The average molecular weight is 1440 g/mol. The summed E-state index contributed by atoms with van der Waals surface area (Å²) in [4.78, 5) is 58.4. The van der Waals surface area contributed by atoms with Gasteiger partial charge in [-0.1, -0.05) is 67.2 Å². The first-order chi connectivity index (χ1) is 42.3. The molecule has 484 valence electrons. The van der Waals surface area contributed by atoms with E-state index in [1.165, 1.54) is 51.0 Å². The number of carbonyl (C=O) groups is 5. The first-order valence-corrected chi connectivity index (χ1v) is 33.0. The number of rotatable bonds is 13. The summed E-state index contributed by atoms with van der Waals surface area (Å²) in [6, 6.07) is 9.95. The Labute approximate surface area is 561 Å². The van der Waals surface area contributed by atoms with Crippen LogP contribution < -0.4 is 28.3 Å². The van der Waals surface area contributed by atoms with E-state index < -0.39 is 40.7 Å². The van der Waals surface area contributed by atoms with Crippen LogP contribution in [0.25, 0.3) is 11.1 Å². The van der Waals surface area contributed by atoms with Crippen molar-refractivity contribution in [3.8, 4) is 17.2 Å². The maximum Gasteiger partial charge on any atom is 1.00 e. The Hall–Kier alpha value is -4.87. The van der Waals surface area contributed by atoms with Crippen LogP contribution in [0.15, 0.2) is 79.3 Å². The zero-order valence-corrected chi connectivity index (χ0v) is 57.2. The number of aromatic hydroxyl groups is 1. The second-order valence-electron chi connectivity index (χ2n) is 24.8. The molecule has 90 heavy (non-hydrogen) atoms. The van der Waals surface area contributed by atoms with Crippen molar-refractivity contribution in [2.75, 3.05) is 34.0 Å². The number of methoxy groups -OCH3 is 2. The topological polar surface area (TPSA) is 152 Å². The minimum absolute atomic E-state index is 0. The van der Waals surface area contributed by atoms with Gasteiger partial charge in [-0.25, -0.2) is 13.2 Å². The molecule has 0 amide bonds. The number of Topliss-reactive ketones (excluding diaryl/α,β-unsaturated/α-hetero) is 3. The number of hydrogen-bond acceptors (Lipinski definition) is 11. The number of ketones is 5. The van der Waals surface area contributed by atoms with E-state index in [9.17, 15) is 50.3 Å². The third-order valence-corrected chi connectivity index (χ3v) is 19.6. The van der Waals surface area contributed by atoms with Gasteiger partial charge in [-0.2, -0.15) is 14.8 Å². The summed E-state index contributed by atoms with van der Waals surface area (Å²) in [6.45, 7) is 14.9. The van der Waals surface area contributed by atoms with Crippen LogP contribution in [0, 0.1) is 106 Å². The number of phenolic OH excluding ortho intramolecular Hbond substituents is 1. The van der Waals surface area contributed by atoms with Gasteiger partial charge in [0, 0.05) is 83.2 Å². The van der Waals surface area contributed by atoms with Crippen molar-refractivity contribution in [2.24, 2.45) is 65.1 Å². The predicted molar refractivity (Wildman–Crippen MR) is 336 cm³/mol. The van der Waals surface area contributed by atoms with Crippen molar-refractivity contribution in [3.05, 3.63) is 131 Å². The van der Waals surface area contributed by atoms with E-state index in [4.69, 9.17) is 24.1 Å². The van der Waals surface area contributed by atoms with Gasteiger partial charge >= 0.3 is 18.9 Å². The molecule has 0 aliphatic heterocycles. The summed E-state index contributed by atoms with van der Waals surface area (Å²) in [5.41, 5.74) is 1.39. The Kier molecular flexibility index (Phi) is 27.9. The molecule has 8 atom stereocenters. The van der Waals surface area contributed by atoms with E-state index in [-0.39, 0.29) is 100 Å². The Morgan fingerprint density at radius 2 is 0.944 bits per heavy atom. The molecule has 3 aromatic carbocycles. The molecule has 12 rings (SSSR count). The number of carbonyl (C=O) groups excluding carboxylic acids is 5. The van der Waals surface area contributed by atoms with Crippen molar-refractivity contribution >= 4 is 87.9 Å². The molecule has 11 nitrogen and oxygen atoms in total. The Bertz CT molecular complexity index is 3300. The molecule has 0 radical (unpaired) electrons. The molecular weight excluding hydrogens is 1370 g/mol. The monoisotopic (exact) mass is 1440 g/mol. The quantitative estimate of drug-likeness (QED) is 0.0989. The Morgan fingerprint density at radius 1 is 0.500 bits per heavy atom. The minimum Gasteiger partial charge on any atom is -0.519 e. The van der Waals surface area contributed by atoms with E-state index >= 15 is 0 Å². The summed E-state index contributed by atoms with van der Waals surface area (Å²) in [5.74, 6) is -1.17. The first-order valence-electron chi connectivity index (χ1n) is 30.6. The van der Waals surface area contributed by atoms with Gasteiger partial charge in [0.1, 0.15) is 11.5 Å². The summed E-state index contributed by atoms with van der Waals surface area (Å²) in [7, 11) is 2.57. The third-order valence-electron chi connectivity index (χ3n) is 17.2. The van der Waals surface area contributed by atoms with Gasteiger partial charge in [-0.3, -0.25) is 28.4 Å². The van der Waals surface area contributed by atoms with E-state index in [1.807, 2.05) is 0 Å². The SMILES string of the molecule is CC(C)COC1=C(Br)C(=O)C2CCCC12.CC(C)COC1=CC(=O)C2CCCC12.CC(C)COC1=CC(=O)CC1.COc1cc[c-]c(F)c1F.COc1ccc(C2=C(Br)C(=O)C3CCCC23)c(F)c1F.O=C1C(Br)=C(c2ccc(O)c(F)c2F)C2CCCC12.[Li+]. The second kappa shape index (κ2) is 33.8. The molecule has 0 bridgehead atoms. The van der Waals surface area contributed by atoms with Gasteiger partial charge in [0.2, 0.25) is 11.6 Å². The molecule has 1 N–H and O–H groups in total. The van der Waals surface area contributed by atoms with Crippen molar-refractivity contribution in [3.63, 3.8) is 0 Å². The minimum atomic E-state index is -1.26. The number of allylic oxidation sites excluding steroid dienone is 10. The Morgan fingerprint density at radius 3 is 1.46 bits per heavy atom. The molecule has 21 heteroatoms. The van der Waals surface area contributed by atoms with Crippen molar-refractivity contribution in [2.45, 2.75) is 131 Å². The number of benzene rings is 3. The maximum absolute atomic E-state index is 14.2. The normalized spacial score (nSPS) is 24.2. The standard InChI is InChI=1S/C15H13BrF2O2.C14H11BrF2O2.C12H17BrO2.C12H18O2.C9H14O2.C7H5F2O.Li/c1-20-10-6-5-9(13(17)14(10)18)11-7-3-2-4-8(7)15(19)12(11)16;15-11-10(6-2-1-3-7(6)14(11)19)8-4-5-9(18)13(17)12(8)16;1-7(2)6-15-12-9-5-3-4-8(9)11(14)10(12)13;1-8(2)7-14-12-6-11(13)9-4-3-5-10(9)12;1-7(2)6-11-9-4-3-8(10)5-9;1-10-6-4-2-3-5(8)7(6)9;/h5-8H,2-4H2,1H3;4-7,18H,1-3H2;7-9H,3-6H2,1-2H3;6,8-10H,3-5,7H2,1-2H3;5,7H,3-4,6H2,1-2H3;2,4H,1H3;/q;;;;;-1;+1. The van der Waals surface area contributed by atoms with Gasteiger partial charge in [0.25, 0.3) is 0 Å². The summed E-state index contributed by atoms with van der Waals surface area (Å²) >= 11 is 9.87. The largest absolute Gasteiger partial charge is 1.00 e. The summed E-state index contributed by atoms with van der Waals surface area (Å²) in [5, 5.41) is 9.16. The molecule has 9 aliphatic carbocycles. The Balaban J connectivity index is 0.000000174. The molecule has 8 unspecified atom stereocenters. The summed E-state index contributed by atoms with van der Waals surface area (Å²) in [6.07, 6.45) is 16.6. The molecule has 4 fully saturated rings. The van der Waals surface area contributed by atoms with Crippen LogP contribution in [0.5, 0.6) is 17.2 Å². The van der Waals surface area contributed by atoms with Gasteiger partial charge in [-0.15, -0.1) is 12.1 Å². The number of hydrogen-bond donors (Lipinski definition) is 1. The molecule has 4 saturated carbocycles. The van der Waals surface area contributed by atoms with Crippen LogP contribution in [0.1, 0.15) is 143 Å². The molecule has 0 heterocycles. The molecule has 0 spiro atoms. The van der Waals surface area contributed by atoms with Crippen LogP contribution in [-0.4, -0.2) is 68.1 Å². The number of ether oxygens (including phenoxy) is 5. The van der Waals surface area contributed by atoms with Crippen LogP contribution in [0.3, 0.4) is 0 Å². The smallest absolute Gasteiger partial charge is 0.519 e. The summed E-state index contributed by atoms with van der Waals surface area (Å²) < 4.78 is 108. The van der Waals surface area contributed by atoms with E-state index in [0.29, 0.717) is 73.0 Å². The second-order valence-corrected chi connectivity index (χ2v) is 27.2. The third kappa shape index (κ3) is 17.5. The van der Waals surface area contributed by atoms with Gasteiger partial charge < -0.3 is 28.8 Å². The van der Waals surface area contributed by atoms with E-state index in [0.717, 1.165) is 114 Å². The fourth-order valence-electron chi connectivity index (χ4n) is 12.9. The van der Waals surface area contributed by atoms with Crippen LogP contribution >= 0.6 is 47.8 Å². The molecular formula is C69H78Br3F6LiO11. The van der Waals surface area contributed by atoms with Gasteiger partial charge in [0.05, 0.1) is 59.1 Å². The van der Waals surface area contributed by atoms with Crippen LogP contribution in [0.2, 0.25) is 0 Å². The van der Waals surface area contributed by atoms with Crippen molar-refractivity contribution < 1.29 is 98.0 Å². The van der Waals surface area contributed by atoms with E-state index in [1.54, 1.807) is 12.2 Å². The molecule has 3 aromatic rings. The van der Waals surface area contributed by atoms with Gasteiger partial charge in [0.15, 0.2) is 52.0 Å². The van der Waals surface area contributed by atoms with Crippen molar-refractivity contribution in [1.29, 1.82) is 0 Å². The van der Waals surface area contributed by atoms with Crippen LogP contribution in [0.4, 0.5) is 26.3 Å². The van der Waals surface area contributed by atoms with Crippen LogP contribution in [-0.2, 0) is 38.2 Å². The molecule has 0 saturated heterocycles. The number of halogens is 9. The fourth-order valence-corrected chi connectivity index (χ4v) is 15.2. The predicted octanol–water partition coefficient (Wildman–Crippen LogP) is 14.3. The molecule has 9 aliphatic rings. The van der Waals surface area contributed by atoms with Gasteiger partial charge in [-0.05, 0) is 164 Å². The number of phenols is 1. The molecule has 0 aromatic heterocycles. The van der Waals surface area contributed by atoms with Crippen molar-refractivity contribution in [1.82, 2.24) is 0 Å².